The van der Waals surface area contributed by atoms with Gasteiger partial charge in [0.25, 0.3) is 0 Å². The number of H-pyrrole nitrogens is 1. The second-order valence-electron chi connectivity index (χ2n) is 8.78. The maximum absolute atomic E-state index is 13.3. The van der Waals surface area contributed by atoms with Crippen LogP contribution in [0.25, 0.3) is 10.9 Å². The van der Waals surface area contributed by atoms with E-state index in [1.54, 1.807) is 18.3 Å². The van der Waals surface area contributed by atoms with Crippen LogP contribution in [0, 0.1) is 0 Å². The van der Waals surface area contributed by atoms with Gasteiger partial charge in [-0.05, 0) is 36.2 Å². The number of hydrogen-bond acceptors (Lipinski definition) is 7. The van der Waals surface area contributed by atoms with Crippen LogP contribution in [-0.2, 0) is 32.0 Å². The Morgan fingerprint density at radius 3 is 2.27 bits per heavy atom. The number of fused-ring (bicyclic) bond motifs is 1. The Kier molecular flexibility index (Phi) is 9.70. The number of amides is 3. The van der Waals surface area contributed by atoms with Crippen LogP contribution in [0.3, 0.4) is 0 Å². The van der Waals surface area contributed by atoms with Gasteiger partial charge in [-0.3, -0.25) is 14.4 Å². The predicted octanol–water partition coefficient (Wildman–Crippen LogP) is 0.589. The molecule has 0 aliphatic rings. The summed E-state index contributed by atoms with van der Waals surface area (Å²) in [6.07, 6.45) is 2.78. The third-order valence-electron chi connectivity index (χ3n) is 5.84. The number of aromatic nitrogens is 1. The molecule has 0 aliphatic heterocycles. The molecular formula is C26H31N5O5S. The van der Waals surface area contributed by atoms with Gasteiger partial charge in [0.05, 0.1) is 12.1 Å². The highest BCUT2D eigenvalue weighted by Gasteiger charge is 2.28. The van der Waals surface area contributed by atoms with E-state index in [1.807, 2.05) is 24.3 Å². The summed E-state index contributed by atoms with van der Waals surface area (Å²) in [5.41, 5.74) is 8.02. The van der Waals surface area contributed by atoms with Crippen molar-refractivity contribution in [3.05, 3.63) is 65.9 Å². The molecule has 4 atom stereocenters. The first-order valence-corrected chi connectivity index (χ1v) is 12.4. The number of nitrogens with one attached hydrogen (secondary N) is 4. The van der Waals surface area contributed by atoms with Gasteiger partial charge in [-0.1, -0.05) is 30.3 Å². The van der Waals surface area contributed by atoms with Crippen LogP contribution in [0.1, 0.15) is 18.1 Å². The van der Waals surface area contributed by atoms with E-state index in [9.17, 15) is 24.3 Å². The molecule has 10 nitrogen and oxygen atoms in total. The maximum atomic E-state index is 13.3. The molecule has 11 heteroatoms. The molecule has 3 aromatic rings. The second kappa shape index (κ2) is 12.9. The van der Waals surface area contributed by atoms with Crippen LogP contribution in [0.4, 0.5) is 0 Å². The third kappa shape index (κ3) is 7.58. The first kappa shape index (κ1) is 27.8. The first-order chi connectivity index (χ1) is 17.7. The van der Waals surface area contributed by atoms with E-state index < -0.39 is 41.9 Å². The Balaban J connectivity index is 1.76. The van der Waals surface area contributed by atoms with Crippen molar-refractivity contribution in [1.82, 2.24) is 20.9 Å². The molecule has 1 aromatic heterocycles. The van der Waals surface area contributed by atoms with Gasteiger partial charge < -0.3 is 36.6 Å². The van der Waals surface area contributed by atoms with E-state index in [0.717, 1.165) is 16.5 Å². The van der Waals surface area contributed by atoms with Crippen LogP contribution in [0.15, 0.2) is 54.7 Å². The zero-order valence-corrected chi connectivity index (χ0v) is 21.2. The van der Waals surface area contributed by atoms with E-state index in [1.165, 1.54) is 19.1 Å². The highest BCUT2D eigenvalue weighted by Crippen LogP contribution is 2.19. The van der Waals surface area contributed by atoms with Crippen LogP contribution in [0.2, 0.25) is 0 Å². The maximum Gasteiger partial charge on any atom is 0.244 e. The van der Waals surface area contributed by atoms with E-state index in [4.69, 9.17) is 5.73 Å². The Morgan fingerprint density at radius 2 is 1.62 bits per heavy atom. The molecular weight excluding hydrogens is 494 g/mol. The largest absolute Gasteiger partial charge is 0.508 e. The van der Waals surface area contributed by atoms with Crippen molar-refractivity contribution >= 4 is 47.5 Å². The number of aromatic amines is 1. The van der Waals surface area contributed by atoms with Crippen molar-refractivity contribution in [2.24, 2.45) is 5.73 Å². The fraction of sp³-hybridized carbons (Fsp3) is 0.308. The number of thiol groups is 1. The van der Waals surface area contributed by atoms with Crippen LogP contribution < -0.4 is 21.7 Å². The number of para-hydroxylation sites is 1. The van der Waals surface area contributed by atoms with E-state index in [2.05, 4.69) is 33.6 Å². The van der Waals surface area contributed by atoms with Gasteiger partial charge in [0, 0.05) is 35.7 Å². The molecule has 37 heavy (non-hydrogen) atoms. The number of aldehydes is 1. The van der Waals surface area contributed by atoms with Crippen LogP contribution in [-0.4, -0.2) is 64.0 Å². The standard InChI is InChI=1S/C26H31N5O5S/c1-15(27)24(34)31-23(14-37)26(36)30-22(10-16-6-8-19(33)9-7-16)25(35)29-18(13-32)11-17-12-28-21-5-3-2-4-20(17)21/h2-9,12-13,15,18,22-23,28,33,37H,10-11,14,27H2,1H3,(H,29,35)(H,30,36)(H,31,34)/t15-,18+,22-,23-/m0/s1. The number of rotatable bonds is 12. The molecule has 3 rings (SSSR count). The summed E-state index contributed by atoms with van der Waals surface area (Å²) in [5, 5.41) is 18.4. The fourth-order valence-corrected chi connectivity index (χ4v) is 4.06. The lowest BCUT2D eigenvalue weighted by Crippen LogP contribution is -2.57. The molecule has 7 N–H and O–H groups in total. The predicted molar refractivity (Wildman–Crippen MR) is 143 cm³/mol. The fourth-order valence-electron chi connectivity index (χ4n) is 3.80. The first-order valence-electron chi connectivity index (χ1n) is 11.8. The Hall–Kier alpha value is -3.83. The molecule has 196 valence electrons. The summed E-state index contributed by atoms with van der Waals surface area (Å²) in [4.78, 5) is 53.2. The van der Waals surface area contributed by atoms with Crippen molar-refractivity contribution in [3.63, 3.8) is 0 Å². The average Bonchev–Trinajstić information content (AvgIpc) is 3.29. The molecule has 0 saturated carbocycles. The molecule has 0 spiro atoms. The van der Waals surface area contributed by atoms with Gasteiger partial charge >= 0.3 is 0 Å². The van der Waals surface area contributed by atoms with E-state index >= 15 is 0 Å². The Labute approximate surface area is 219 Å². The molecule has 3 amide bonds. The summed E-state index contributed by atoms with van der Waals surface area (Å²) in [5.74, 6) is -1.69. The van der Waals surface area contributed by atoms with Gasteiger partial charge in [0.15, 0.2) is 0 Å². The van der Waals surface area contributed by atoms with E-state index in [-0.39, 0.29) is 24.3 Å². The van der Waals surface area contributed by atoms with Crippen molar-refractivity contribution in [3.8, 4) is 5.75 Å². The summed E-state index contributed by atoms with van der Waals surface area (Å²) in [7, 11) is 0. The van der Waals surface area contributed by atoms with Crippen LogP contribution in [0.5, 0.6) is 5.75 Å². The lowest BCUT2D eigenvalue weighted by molar-refractivity contribution is -0.132. The van der Waals surface area contributed by atoms with Gasteiger partial charge in [0.1, 0.15) is 24.1 Å². The number of phenolic OH excluding ortho intramolecular Hbond substituents is 1. The number of aromatic hydroxyl groups is 1. The normalized spacial score (nSPS) is 14.2. The third-order valence-corrected chi connectivity index (χ3v) is 6.21. The molecule has 1 heterocycles. The van der Waals surface area contributed by atoms with Crippen molar-refractivity contribution in [2.45, 2.75) is 43.9 Å². The molecule has 0 saturated heterocycles. The van der Waals surface area contributed by atoms with Crippen molar-refractivity contribution in [2.75, 3.05) is 5.75 Å². The monoisotopic (exact) mass is 525 g/mol. The molecule has 0 bridgehead atoms. The van der Waals surface area contributed by atoms with Gasteiger partial charge in [-0.2, -0.15) is 12.6 Å². The summed E-state index contributed by atoms with van der Waals surface area (Å²) >= 11 is 4.14. The Morgan fingerprint density at radius 1 is 0.973 bits per heavy atom. The average molecular weight is 526 g/mol. The van der Waals surface area contributed by atoms with Crippen molar-refractivity contribution in [1.29, 1.82) is 0 Å². The smallest absolute Gasteiger partial charge is 0.244 e. The number of carbonyl (C=O) groups is 4. The number of benzene rings is 2. The minimum Gasteiger partial charge on any atom is -0.508 e. The molecule has 0 fully saturated rings. The van der Waals surface area contributed by atoms with Gasteiger partial charge in [0.2, 0.25) is 17.7 Å². The van der Waals surface area contributed by atoms with E-state index in [0.29, 0.717) is 11.8 Å². The van der Waals surface area contributed by atoms with Gasteiger partial charge in [-0.15, -0.1) is 0 Å². The quantitative estimate of drug-likeness (QED) is 0.135. The highest BCUT2D eigenvalue weighted by molar-refractivity contribution is 7.80. The minimum atomic E-state index is -1.07. The van der Waals surface area contributed by atoms with Crippen molar-refractivity contribution < 1.29 is 24.3 Å². The summed E-state index contributed by atoms with van der Waals surface area (Å²) < 4.78 is 0. The zero-order valence-electron chi connectivity index (χ0n) is 20.3. The zero-order chi connectivity index (χ0) is 26.9. The molecule has 0 radical (unpaired) electrons. The topological polar surface area (TPSA) is 166 Å². The number of hydrogen-bond donors (Lipinski definition) is 7. The van der Waals surface area contributed by atoms with Gasteiger partial charge in [-0.25, -0.2) is 0 Å². The molecule has 0 unspecified atom stereocenters. The Bertz CT molecular complexity index is 1240. The lowest BCUT2D eigenvalue weighted by Gasteiger charge is -2.24. The SMILES string of the molecule is C[C@H](N)C(=O)N[C@@H](CS)C(=O)N[C@@H](Cc1ccc(O)cc1)C(=O)N[C@@H](C=O)Cc1c[nH]c2ccccc12. The minimum absolute atomic E-state index is 0.0185. The lowest BCUT2D eigenvalue weighted by atomic mass is 10.0. The molecule has 2 aromatic carbocycles. The number of nitrogens with two attached hydrogens (primary N) is 1. The van der Waals surface area contributed by atoms with Crippen LogP contribution >= 0.6 is 12.6 Å². The number of carbonyl (C=O) groups excluding carboxylic acids is 4. The second-order valence-corrected chi connectivity index (χ2v) is 9.14. The summed E-state index contributed by atoms with van der Waals surface area (Å²) in [6, 6.07) is 10.0. The summed E-state index contributed by atoms with van der Waals surface area (Å²) in [6.45, 7) is 1.48. The molecule has 0 aliphatic carbocycles. The number of phenols is 1. The highest BCUT2D eigenvalue weighted by atomic mass is 32.1.